The molecule has 9 heteroatoms. The van der Waals surface area contributed by atoms with Crippen molar-refractivity contribution in [3.05, 3.63) is 67.7 Å². The molecule has 0 bridgehead atoms. The van der Waals surface area contributed by atoms with Crippen LogP contribution in [0.25, 0.3) is 0 Å². The molecule has 0 aromatic heterocycles. The van der Waals surface area contributed by atoms with Crippen molar-refractivity contribution in [2.24, 2.45) is 0 Å². The number of nitrogens with zero attached hydrogens (tertiary/aromatic N) is 1. The second-order valence-electron chi connectivity index (χ2n) is 9.43. The number of fused-ring (bicyclic) bond motifs is 1. The first-order valence-corrected chi connectivity index (χ1v) is 13.0. The van der Waals surface area contributed by atoms with Gasteiger partial charge in [-0.1, -0.05) is 23.7 Å². The van der Waals surface area contributed by atoms with Crippen molar-refractivity contribution in [1.82, 2.24) is 4.90 Å². The van der Waals surface area contributed by atoms with E-state index in [0.717, 1.165) is 24.9 Å². The van der Waals surface area contributed by atoms with Crippen LogP contribution in [0.15, 0.2) is 47.7 Å². The highest BCUT2D eigenvalue weighted by Gasteiger charge is 2.47. The Bertz CT molecular complexity index is 1110. The third-order valence-corrected chi connectivity index (χ3v) is 8.55. The molecule has 1 amide bonds. The Hall–Kier alpha value is -1.62. The lowest BCUT2D eigenvalue weighted by Gasteiger charge is -2.43. The summed E-state index contributed by atoms with van der Waals surface area (Å²) in [5.41, 5.74) is 1.14. The molecule has 3 unspecified atom stereocenters. The van der Waals surface area contributed by atoms with Crippen LogP contribution in [-0.2, 0) is 11.2 Å². The quantitative estimate of drug-likeness (QED) is 0.372. The average molecular weight is 597 g/mol. The van der Waals surface area contributed by atoms with Gasteiger partial charge in [-0.15, -0.1) is 0 Å². The number of aliphatic hydroxyl groups excluding tert-OH is 2. The van der Waals surface area contributed by atoms with Crippen LogP contribution in [0.3, 0.4) is 0 Å². The lowest BCUT2D eigenvalue weighted by atomic mass is 9.84. The zero-order valence-electron chi connectivity index (χ0n) is 19.2. The molecule has 3 atom stereocenters. The van der Waals surface area contributed by atoms with E-state index in [1.807, 2.05) is 53.8 Å². The summed E-state index contributed by atoms with van der Waals surface area (Å²) in [5.74, 6) is -1.12. The number of carbonyl (C=O) groups excluding carboxylic acids is 1. The summed E-state index contributed by atoms with van der Waals surface area (Å²) >= 11 is 8.05. The number of rotatable bonds is 4. The van der Waals surface area contributed by atoms with Crippen molar-refractivity contribution in [1.29, 1.82) is 0 Å². The highest BCUT2D eigenvalue weighted by Crippen LogP contribution is 2.41. The molecule has 0 radical (unpaired) electrons. The van der Waals surface area contributed by atoms with Gasteiger partial charge in [-0.2, -0.15) is 0 Å². The molecule has 0 spiro atoms. The van der Waals surface area contributed by atoms with Crippen LogP contribution in [-0.4, -0.2) is 53.1 Å². The lowest BCUT2D eigenvalue weighted by molar-refractivity contribution is -0.114. The second-order valence-corrected chi connectivity index (χ2v) is 11.0. The molecule has 0 aliphatic carbocycles. The SMILES string of the molecule is Bc1c(F)cc(NC(=O)/C2=C(\O)C3(C)CCCN3C(Cc3ccc(Cl)cc3)CCC2O)cc1I. The first-order chi connectivity index (χ1) is 16.1. The Labute approximate surface area is 218 Å². The van der Waals surface area contributed by atoms with Crippen molar-refractivity contribution in [2.45, 2.75) is 56.7 Å². The third kappa shape index (κ3) is 5.01. The van der Waals surface area contributed by atoms with Gasteiger partial charge in [0, 0.05) is 20.3 Å². The number of anilines is 1. The van der Waals surface area contributed by atoms with Crippen LogP contribution < -0.4 is 10.8 Å². The van der Waals surface area contributed by atoms with Crippen molar-refractivity contribution >= 4 is 59.1 Å². The fourth-order valence-corrected chi connectivity index (χ4v) is 5.92. The number of aliphatic hydroxyl groups is 2. The lowest BCUT2D eigenvalue weighted by Crippen LogP contribution is -2.52. The van der Waals surface area contributed by atoms with Crippen LogP contribution in [0.2, 0.25) is 5.02 Å². The number of hydrogen-bond donors (Lipinski definition) is 3. The number of halogens is 3. The van der Waals surface area contributed by atoms with Gasteiger partial charge in [0.15, 0.2) is 0 Å². The molecular formula is C25H28BClFIN2O3. The van der Waals surface area contributed by atoms with Crippen LogP contribution in [0.1, 0.15) is 38.2 Å². The maximum Gasteiger partial charge on any atom is 0.257 e. The van der Waals surface area contributed by atoms with Crippen LogP contribution in [0.4, 0.5) is 10.1 Å². The molecule has 1 fully saturated rings. The number of hydrogen-bond acceptors (Lipinski definition) is 4. The Kier molecular flexibility index (Phi) is 7.62. The first kappa shape index (κ1) is 25.5. The average Bonchev–Trinajstić information content (AvgIpc) is 3.18. The standard InChI is InChI=1S/C25H28BClFIN2O3/c1-25-9-2-10-31(25)17(11-14-3-5-15(27)6-4-14)7-8-20(32)21(23(25)33)24(34)30-16-12-18(28)22(26)19(29)13-16/h3-6,12-13,17,20,32-33H,2,7-11,26H2,1H3,(H,30,34)/b23-21-. The van der Waals surface area contributed by atoms with Gasteiger partial charge < -0.3 is 15.5 Å². The molecule has 2 aliphatic heterocycles. The molecule has 34 heavy (non-hydrogen) atoms. The van der Waals surface area contributed by atoms with Gasteiger partial charge in [0.25, 0.3) is 5.91 Å². The van der Waals surface area contributed by atoms with Crippen molar-refractivity contribution < 1.29 is 19.4 Å². The van der Waals surface area contributed by atoms with Gasteiger partial charge in [-0.25, -0.2) is 4.39 Å². The minimum atomic E-state index is -1.12. The normalized spacial score (nSPS) is 27.7. The molecule has 2 heterocycles. The van der Waals surface area contributed by atoms with Gasteiger partial charge in [-0.05, 0) is 103 Å². The summed E-state index contributed by atoms with van der Waals surface area (Å²) in [7, 11) is 1.67. The summed E-state index contributed by atoms with van der Waals surface area (Å²) < 4.78 is 14.9. The Morgan fingerprint density at radius 1 is 1.32 bits per heavy atom. The predicted octanol–water partition coefficient (Wildman–Crippen LogP) is 3.71. The number of benzene rings is 2. The summed E-state index contributed by atoms with van der Waals surface area (Å²) in [6.07, 6.45) is 2.19. The topological polar surface area (TPSA) is 72.8 Å². The van der Waals surface area contributed by atoms with Gasteiger partial charge in [0.2, 0.25) is 0 Å². The smallest absolute Gasteiger partial charge is 0.257 e. The highest BCUT2D eigenvalue weighted by molar-refractivity contribution is 14.1. The molecule has 4 rings (SSSR count). The maximum absolute atomic E-state index is 14.2. The molecular weight excluding hydrogens is 568 g/mol. The van der Waals surface area contributed by atoms with E-state index in [1.54, 1.807) is 13.9 Å². The fourth-order valence-electron chi connectivity index (χ4n) is 5.20. The van der Waals surface area contributed by atoms with Crippen molar-refractivity contribution in [2.75, 3.05) is 11.9 Å². The van der Waals surface area contributed by atoms with Crippen LogP contribution in [0, 0.1) is 9.39 Å². The third-order valence-electron chi connectivity index (χ3n) is 7.18. The van der Waals surface area contributed by atoms with Crippen molar-refractivity contribution in [3.63, 3.8) is 0 Å². The Morgan fingerprint density at radius 2 is 2.03 bits per heavy atom. The number of carbonyl (C=O) groups is 1. The van der Waals surface area contributed by atoms with E-state index >= 15 is 0 Å². The number of amides is 1. The van der Waals surface area contributed by atoms with Gasteiger partial charge in [0.05, 0.1) is 17.2 Å². The first-order valence-electron chi connectivity index (χ1n) is 11.5. The van der Waals surface area contributed by atoms with E-state index in [1.165, 1.54) is 6.07 Å². The van der Waals surface area contributed by atoms with E-state index in [0.29, 0.717) is 39.0 Å². The Morgan fingerprint density at radius 3 is 2.71 bits per heavy atom. The monoisotopic (exact) mass is 596 g/mol. The molecule has 1 saturated heterocycles. The summed E-state index contributed by atoms with van der Waals surface area (Å²) in [6.45, 7) is 2.73. The summed E-state index contributed by atoms with van der Waals surface area (Å²) in [5, 5.41) is 25.8. The van der Waals surface area contributed by atoms with Crippen LogP contribution in [0.5, 0.6) is 0 Å². The molecule has 0 saturated carbocycles. The zero-order chi connectivity index (χ0) is 24.6. The van der Waals surface area contributed by atoms with E-state index in [2.05, 4.69) is 10.2 Å². The maximum atomic E-state index is 14.2. The van der Waals surface area contributed by atoms with E-state index in [-0.39, 0.29) is 17.4 Å². The number of nitrogens with one attached hydrogen (secondary N) is 1. The summed E-state index contributed by atoms with van der Waals surface area (Å²) in [4.78, 5) is 15.5. The minimum absolute atomic E-state index is 0.0321. The van der Waals surface area contributed by atoms with Crippen molar-refractivity contribution in [3.8, 4) is 0 Å². The zero-order valence-corrected chi connectivity index (χ0v) is 22.2. The Balaban J connectivity index is 1.65. The highest BCUT2D eigenvalue weighted by atomic mass is 127. The second kappa shape index (κ2) is 10.2. The molecule has 2 aromatic rings. The molecule has 2 aromatic carbocycles. The predicted molar refractivity (Wildman–Crippen MR) is 144 cm³/mol. The van der Waals surface area contributed by atoms with E-state index in [9.17, 15) is 19.4 Å². The van der Waals surface area contributed by atoms with Gasteiger partial charge in [0.1, 0.15) is 19.4 Å². The fraction of sp³-hybridized carbons (Fsp3) is 0.400. The van der Waals surface area contributed by atoms with E-state index in [4.69, 9.17) is 11.6 Å². The van der Waals surface area contributed by atoms with Gasteiger partial charge in [-0.3, -0.25) is 9.69 Å². The molecule has 3 N–H and O–H groups in total. The van der Waals surface area contributed by atoms with Gasteiger partial charge >= 0.3 is 0 Å². The largest absolute Gasteiger partial charge is 0.510 e. The van der Waals surface area contributed by atoms with E-state index < -0.39 is 23.4 Å². The minimum Gasteiger partial charge on any atom is -0.510 e. The molecule has 180 valence electrons. The molecule has 5 nitrogen and oxygen atoms in total. The van der Waals surface area contributed by atoms with Crippen LogP contribution >= 0.6 is 34.2 Å². The molecule has 2 aliphatic rings. The summed E-state index contributed by atoms with van der Waals surface area (Å²) in [6, 6.07) is 10.8.